The standard InChI is InChI=1S/C18H30N4O4/c23-15(13-21-11-5-7-17(21)25)19-9-3-1-2-4-10-20-16(24)14-22-12-6-8-18(22)26/h1-14H2,(H,19,23)(H,20,24). The second-order valence-electron chi connectivity index (χ2n) is 6.95. The van der Waals surface area contributed by atoms with Gasteiger partial charge in [0, 0.05) is 39.0 Å². The van der Waals surface area contributed by atoms with Crippen molar-refractivity contribution in [1.29, 1.82) is 0 Å². The minimum atomic E-state index is -0.0935. The maximum absolute atomic E-state index is 11.7. The fraction of sp³-hybridized carbons (Fsp3) is 0.778. The van der Waals surface area contributed by atoms with E-state index in [1.54, 1.807) is 9.80 Å². The molecule has 146 valence electrons. The number of nitrogens with zero attached hydrogens (tertiary/aromatic N) is 2. The first-order valence-electron chi connectivity index (χ1n) is 9.65. The molecule has 2 heterocycles. The third-order valence-corrected chi connectivity index (χ3v) is 4.76. The van der Waals surface area contributed by atoms with Gasteiger partial charge >= 0.3 is 0 Å². The average Bonchev–Trinajstić information content (AvgIpc) is 3.19. The first-order chi connectivity index (χ1) is 12.6. The van der Waals surface area contributed by atoms with Crippen LogP contribution in [-0.4, -0.2) is 72.7 Å². The van der Waals surface area contributed by atoms with Gasteiger partial charge in [-0.1, -0.05) is 12.8 Å². The predicted octanol–water partition coefficient (Wildman–Crippen LogP) is 0.0240. The highest BCUT2D eigenvalue weighted by Gasteiger charge is 2.22. The Hall–Kier alpha value is -2.12. The first kappa shape index (κ1) is 20.2. The highest BCUT2D eigenvalue weighted by atomic mass is 16.2. The molecule has 2 aliphatic rings. The van der Waals surface area contributed by atoms with Crippen LogP contribution in [0.1, 0.15) is 51.4 Å². The van der Waals surface area contributed by atoms with E-state index >= 15 is 0 Å². The lowest BCUT2D eigenvalue weighted by molar-refractivity contribution is -0.133. The van der Waals surface area contributed by atoms with Gasteiger partial charge in [0.15, 0.2) is 0 Å². The largest absolute Gasteiger partial charge is 0.355 e. The number of hydrogen-bond acceptors (Lipinski definition) is 4. The normalized spacial score (nSPS) is 17.1. The van der Waals surface area contributed by atoms with Crippen LogP contribution in [-0.2, 0) is 19.2 Å². The third kappa shape index (κ3) is 7.01. The number of amides is 4. The summed E-state index contributed by atoms with van der Waals surface area (Å²) in [7, 11) is 0. The Bertz CT molecular complexity index is 477. The van der Waals surface area contributed by atoms with E-state index in [1.165, 1.54) is 0 Å². The van der Waals surface area contributed by atoms with Crippen LogP contribution in [0, 0.1) is 0 Å². The summed E-state index contributed by atoms with van der Waals surface area (Å²) in [5.41, 5.74) is 0. The van der Waals surface area contributed by atoms with Crippen LogP contribution in [0.2, 0.25) is 0 Å². The predicted molar refractivity (Wildman–Crippen MR) is 96.1 cm³/mol. The number of rotatable bonds is 11. The topological polar surface area (TPSA) is 98.8 Å². The first-order valence-corrected chi connectivity index (χ1v) is 9.65. The van der Waals surface area contributed by atoms with Crippen LogP contribution >= 0.6 is 0 Å². The number of hydrogen-bond donors (Lipinski definition) is 2. The van der Waals surface area contributed by atoms with Crippen molar-refractivity contribution in [2.24, 2.45) is 0 Å². The Morgan fingerprint density at radius 3 is 1.50 bits per heavy atom. The van der Waals surface area contributed by atoms with Crippen LogP contribution in [0.5, 0.6) is 0 Å². The van der Waals surface area contributed by atoms with Gasteiger partial charge in [0.25, 0.3) is 0 Å². The van der Waals surface area contributed by atoms with Gasteiger partial charge in [-0.3, -0.25) is 19.2 Å². The molecule has 0 atom stereocenters. The van der Waals surface area contributed by atoms with Crippen LogP contribution in [0.15, 0.2) is 0 Å². The molecule has 0 unspecified atom stereocenters. The van der Waals surface area contributed by atoms with Crippen molar-refractivity contribution in [2.75, 3.05) is 39.3 Å². The maximum atomic E-state index is 11.7. The average molecular weight is 366 g/mol. The summed E-state index contributed by atoms with van der Waals surface area (Å²) in [5, 5.41) is 5.69. The molecule has 8 heteroatoms. The summed E-state index contributed by atoms with van der Waals surface area (Å²) in [6.45, 7) is 2.94. The molecule has 2 saturated heterocycles. The Morgan fingerprint density at radius 2 is 1.15 bits per heavy atom. The van der Waals surface area contributed by atoms with E-state index in [1.807, 2.05) is 0 Å². The van der Waals surface area contributed by atoms with Crippen LogP contribution in [0.4, 0.5) is 0 Å². The number of nitrogens with one attached hydrogen (secondary N) is 2. The molecule has 0 aliphatic carbocycles. The monoisotopic (exact) mass is 366 g/mol. The fourth-order valence-electron chi connectivity index (χ4n) is 3.26. The Morgan fingerprint density at radius 1 is 0.731 bits per heavy atom. The van der Waals surface area contributed by atoms with Gasteiger partial charge in [-0.15, -0.1) is 0 Å². The van der Waals surface area contributed by atoms with E-state index in [9.17, 15) is 19.2 Å². The van der Waals surface area contributed by atoms with Crippen molar-refractivity contribution in [1.82, 2.24) is 20.4 Å². The molecule has 26 heavy (non-hydrogen) atoms. The summed E-state index contributed by atoms with van der Waals surface area (Å²) in [6, 6.07) is 0. The Balaban J connectivity index is 1.39. The summed E-state index contributed by atoms with van der Waals surface area (Å²) in [4.78, 5) is 49.6. The number of unbranched alkanes of at least 4 members (excludes halogenated alkanes) is 3. The molecule has 0 radical (unpaired) electrons. The van der Waals surface area contributed by atoms with Crippen LogP contribution < -0.4 is 10.6 Å². The van der Waals surface area contributed by atoms with Gasteiger partial charge < -0.3 is 20.4 Å². The highest BCUT2D eigenvalue weighted by molar-refractivity contribution is 5.86. The smallest absolute Gasteiger partial charge is 0.239 e. The maximum Gasteiger partial charge on any atom is 0.239 e. The van der Waals surface area contributed by atoms with Crippen molar-refractivity contribution in [3.8, 4) is 0 Å². The van der Waals surface area contributed by atoms with E-state index in [4.69, 9.17) is 0 Å². The molecule has 2 N–H and O–H groups in total. The second-order valence-corrected chi connectivity index (χ2v) is 6.95. The van der Waals surface area contributed by atoms with E-state index in [-0.39, 0.29) is 36.7 Å². The molecule has 0 aromatic rings. The molecular formula is C18H30N4O4. The van der Waals surface area contributed by atoms with Crippen molar-refractivity contribution in [3.63, 3.8) is 0 Å². The fourth-order valence-corrected chi connectivity index (χ4v) is 3.26. The van der Waals surface area contributed by atoms with E-state index < -0.39 is 0 Å². The van der Waals surface area contributed by atoms with Crippen molar-refractivity contribution in [2.45, 2.75) is 51.4 Å². The summed E-state index contributed by atoms with van der Waals surface area (Å²) < 4.78 is 0. The molecule has 2 rings (SSSR count). The molecule has 0 bridgehead atoms. The quantitative estimate of drug-likeness (QED) is 0.504. The SMILES string of the molecule is O=C(CN1CCCC1=O)NCCCCCCNC(=O)CN1CCCC1=O. The molecule has 0 saturated carbocycles. The minimum Gasteiger partial charge on any atom is -0.355 e. The molecule has 8 nitrogen and oxygen atoms in total. The van der Waals surface area contributed by atoms with Gasteiger partial charge in [-0.2, -0.15) is 0 Å². The lowest BCUT2D eigenvalue weighted by Crippen LogP contribution is -2.38. The van der Waals surface area contributed by atoms with Crippen LogP contribution in [0.3, 0.4) is 0 Å². The van der Waals surface area contributed by atoms with Crippen LogP contribution in [0.25, 0.3) is 0 Å². The third-order valence-electron chi connectivity index (χ3n) is 4.76. The zero-order valence-corrected chi connectivity index (χ0v) is 15.4. The molecular weight excluding hydrogens is 336 g/mol. The van der Waals surface area contributed by atoms with Gasteiger partial charge in [0.05, 0.1) is 13.1 Å². The molecule has 0 aromatic carbocycles. The zero-order valence-electron chi connectivity index (χ0n) is 15.4. The second kappa shape index (κ2) is 10.8. The molecule has 4 amide bonds. The summed E-state index contributed by atoms with van der Waals surface area (Å²) in [6.07, 6.45) is 6.52. The van der Waals surface area contributed by atoms with E-state index in [0.717, 1.165) is 38.5 Å². The van der Waals surface area contributed by atoms with E-state index in [0.29, 0.717) is 39.0 Å². The van der Waals surface area contributed by atoms with Crippen molar-refractivity contribution >= 4 is 23.6 Å². The lowest BCUT2D eigenvalue weighted by Gasteiger charge is -2.15. The summed E-state index contributed by atoms with van der Waals surface area (Å²) in [5.74, 6) is -0.0551. The molecule has 0 spiro atoms. The highest BCUT2D eigenvalue weighted by Crippen LogP contribution is 2.09. The van der Waals surface area contributed by atoms with Gasteiger partial charge in [-0.25, -0.2) is 0 Å². The van der Waals surface area contributed by atoms with Gasteiger partial charge in [0.1, 0.15) is 0 Å². The van der Waals surface area contributed by atoms with Gasteiger partial charge in [0.2, 0.25) is 23.6 Å². The lowest BCUT2D eigenvalue weighted by atomic mass is 10.2. The number of carbonyl (C=O) groups excluding carboxylic acids is 4. The molecule has 2 fully saturated rings. The Labute approximate surface area is 154 Å². The minimum absolute atomic E-state index is 0.0660. The van der Waals surface area contributed by atoms with E-state index in [2.05, 4.69) is 10.6 Å². The Kier molecular flexibility index (Phi) is 8.37. The summed E-state index contributed by atoms with van der Waals surface area (Å²) >= 11 is 0. The number of likely N-dealkylation sites (tertiary alicyclic amines) is 2. The van der Waals surface area contributed by atoms with Crippen molar-refractivity contribution in [3.05, 3.63) is 0 Å². The number of carbonyl (C=O) groups is 4. The van der Waals surface area contributed by atoms with Crippen molar-refractivity contribution < 1.29 is 19.2 Å². The van der Waals surface area contributed by atoms with Gasteiger partial charge in [-0.05, 0) is 25.7 Å². The molecule has 2 aliphatic heterocycles. The zero-order chi connectivity index (χ0) is 18.8. The molecule has 0 aromatic heterocycles.